The molecule has 7 unspecified atom stereocenters. The fourth-order valence-corrected chi connectivity index (χ4v) is 10.8. The van der Waals surface area contributed by atoms with Crippen LogP contribution in [0.5, 0.6) is 0 Å². The largest absolute Gasteiger partial charge is 0.393 e. The maximum atomic E-state index is 13.8. The molecule has 1 aromatic rings. The summed E-state index contributed by atoms with van der Waals surface area (Å²) in [6, 6.07) is 2.66. The third-order valence-electron chi connectivity index (χ3n) is 11.5. The lowest BCUT2D eigenvalue weighted by Crippen LogP contribution is -2.51. The van der Waals surface area contributed by atoms with Gasteiger partial charge in [0.2, 0.25) is 10.0 Å². The number of fused-ring (bicyclic) bond motifs is 5. The molecule has 2 heterocycles. The van der Waals surface area contributed by atoms with Crippen molar-refractivity contribution < 1.29 is 18.3 Å². The van der Waals surface area contributed by atoms with Crippen LogP contribution in [0.3, 0.4) is 0 Å². The number of nitrogens with zero attached hydrogens (tertiary/aromatic N) is 2. The number of hydrogen-bond donors (Lipinski definition) is 1. The first-order chi connectivity index (χ1) is 18.0. The number of aromatic nitrogens is 1. The lowest BCUT2D eigenvalue weighted by atomic mass is 9.47. The standard InChI is InChI=1S/C30H42N2O5S/c1-29-13-11-21(33)17-20(29)5-7-23-24-8-9-26(30(24,2)14-12-25(23)29)27(34)19-31-18-22(6-10-28(31)35)38(36,37)32-15-3-4-16-32/h5-6,10,18,21,23-26,33H,3-4,7-9,11-17,19H2,1-2H3. The summed E-state index contributed by atoms with van der Waals surface area (Å²) in [5.41, 5.74) is 1.20. The molecule has 208 valence electrons. The van der Waals surface area contributed by atoms with Gasteiger partial charge in [-0.05, 0) is 98.9 Å². The summed E-state index contributed by atoms with van der Waals surface area (Å²) in [6.07, 6.45) is 13.1. The van der Waals surface area contributed by atoms with Gasteiger partial charge >= 0.3 is 0 Å². The SMILES string of the molecule is CC12CCC(O)CC1=CCC1C2CCC2(C)C(C(=O)Cn3cc(S(=O)(=O)N4CCCC4)ccc3=O)CCC12. The van der Waals surface area contributed by atoms with Gasteiger partial charge in [-0.2, -0.15) is 4.31 Å². The highest BCUT2D eigenvalue weighted by Crippen LogP contribution is 2.66. The fourth-order valence-electron chi connectivity index (χ4n) is 9.31. The molecule has 0 bridgehead atoms. The van der Waals surface area contributed by atoms with Crippen LogP contribution in [0.25, 0.3) is 0 Å². The van der Waals surface area contributed by atoms with E-state index in [1.807, 2.05) is 0 Å². The number of carbonyl (C=O) groups is 1. The van der Waals surface area contributed by atoms with Crippen LogP contribution in [0.2, 0.25) is 0 Å². The molecular weight excluding hydrogens is 500 g/mol. The van der Waals surface area contributed by atoms with Gasteiger partial charge in [0, 0.05) is 31.3 Å². The van der Waals surface area contributed by atoms with Crippen LogP contribution in [0.15, 0.2) is 39.7 Å². The summed E-state index contributed by atoms with van der Waals surface area (Å²) < 4.78 is 28.9. The number of Topliss-reactive ketones (excluding diaryl/α,β-unsaturated/α-hetero) is 1. The van der Waals surface area contributed by atoms with Crippen molar-refractivity contribution in [2.75, 3.05) is 13.1 Å². The highest BCUT2D eigenvalue weighted by Gasteiger charge is 2.59. The Labute approximate surface area is 226 Å². The van der Waals surface area contributed by atoms with Crippen molar-refractivity contribution in [2.45, 2.75) is 95.6 Å². The van der Waals surface area contributed by atoms with Crippen molar-refractivity contribution >= 4 is 15.8 Å². The smallest absolute Gasteiger partial charge is 0.250 e. The fraction of sp³-hybridized carbons (Fsp3) is 0.733. The van der Waals surface area contributed by atoms with E-state index in [0.717, 1.165) is 64.2 Å². The normalized spacial score (nSPS) is 39.2. The van der Waals surface area contributed by atoms with Gasteiger partial charge in [-0.3, -0.25) is 9.59 Å². The van der Waals surface area contributed by atoms with Crippen molar-refractivity contribution in [3.8, 4) is 0 Å². The third kappa shape index (κ3) is 4.08. The van der Waals surface area contributed by atoms with E-state index in [1.165, 1.54) is 32.8 Å². The first-order valence-electron chi connectivity index (χ1n) is 14.6. The topological polar surface area (TPSA) is 96.7 Å². The molecule has 1 saturated heterocycles. The van der Waals surface area contributed by atoms with Gasteiger partial charge < -0.3 is 9.67 Å². The number of pyridine rings is 1. The van der Waals surface area contributed by atoms with Crippen molar-refractivity contribution in [2.24, 2.45) is 34.5 Å². The Hall–Kier alpha value is -1.77. The van der Waals surface area contributed by atoms with E-state index in [2.05, 4.69) is 19.9 Å². The van der Waals surface area contributed by atoms with Crippen molar-refractivity contribution in [3.63, 3.8) is 0 Å². The summed E-state index contributed by atoms with van der Waals surface area (Å²) >= 11 is 0. The molecule has 4 aliphatic carbocycles. The first kappa shape index (κ1) is 26.5. The Morgan fingerprint density at radius 1 is 1.05 bits per heavy atom. The molecule has 1 aromatic heterocycles. The maximum absolute atomic E-state index is 13.8. The highest BCUT2D eigenvalue weighted by atomic mass is 32.2. The van der Waals surface area contributed by atoms with Gasteiger partial charge in [0.1, 0.15) is 0 Å². The van der Waals surface area contributed by atoms with Gasteiger partial charge in [-0.15, -0.1) is 0 Å². The zero-order chi connectivity index (χ0) is 26.9. The second-order valence-electron chi connectivity index (χ2n) is 13.2. The van der Waals surface area contributed by atoms with E-state index in [-0.39, 0.29) is 45.6 Å². The molecule has 1 aliphatic heterocycles. The molecule has 1 N–H and O–H groups in total. The third-order valence-corrected chi connectivity index (χ3v) is 13.3. The van der Waals surface area contributed by atoms with E-state index in [9.17, 15) is 23.1 Å². The number of allylic oxidation sites excluding steroid dienone is 1. The van der Waals surface area contributed by atoms with E-state index in [1.54, 1.807) is 0 Å². The van der Waals surface area contributed by atoms with Gasteiger partial charge in [0.15, 0.2) is 5.78 Å². The summed E-state index contributed by atoms with van der Waals surface area (Å²) in [7, 11) is -3.66. The van der Waals surface area contributed by atoms with Crippen LogP contribution < -0.4 is 5.56 Å². The number of rotatable bonds is 5. The Balaban J connectivity index is 1.22. The van der Waals surface area contributed by atoms with Crippen LogP contribution in [0.1, 0.15) is 78.1 Å². The van der Waals surface area contributed by atoms with Gasteiger partial charge in [0.05, 0.1) is 17.5 Å². The quantitative estimate of drug-likeness (QED) is 0.564. The molecule has 6 rings (SSSR count). The second kappa shape index (κ2) is 9.41. The molecule has 8 heteroatoms. The molecular formula is C30H42N2O5S. The minimum absolute atomic E-state index is 0.0605. The lowest BCUT2D eigenvalue weighted by molar-refractivity contribution is -0.130. The average molecular weight is 543 g/mol. The molecule has 3 saturated carbocycles. The lowest BCUT2D eigenvalue weighted by Gasteiger charge is -2.58. The minimum atomic E-state index is -3.66. The molecule has 7 nitrogen and oxygen atoms in total. The van der Waals surface area contributed by atoms with Gasteiger partial charge in [0.25, 0.3) is 5.56 Å². The number of sulfonamides is 1. The van der Waals surface area contributed by atoms with Crippen LogP contribution >= 0.6 is 0 Å². The number of aliphatic hydroxyl groups is 1. The van der Waals surface area contributed by atoms with E-state index >= 15 is 0 Å². The van der Waals surface area contributed by atoms with Crippen molar-refractivity contribution in [1.82, 2.24) is 8.87 Å². The molecule has 0 aromatic carbocycles. The summed E-state index contributed by atoms with van der Waals surface area (Å²) in [5, 5.41) is 10.3. The Morgan fingerprint density at radius 3 is 2.58 bits per heavy atom. The van der Waals surface area contributed by atoms with Crippen molar-refractivity contribution in [1.29, 1.82) is 0 Å². The zero-order valence-electron chi connectivity index (χ0n) is 22.8. The maximum Gasteiger partial charge on any atom is 0.250 e. The van der Waals surface area contributed by atoms with E-state index in [4.69, 9.17) is 0 Å². The highest BCUT2D eigenvalue weighted by molar-refractivity contribution is 7.89. The Kier molecular flexibility index (Phi) is 6.55. The monoisotopic (exact) mass is 542 g/mol. The number of hydrogen-bond acceptors (Lipinski definition) is 5. The Bertz CT molecular complexity index is 1310. The zero-order valence-corrected chi connectivity index (χ0v) is 23.6. The van der Waals surface area contributed by atoms with Crippen molar-refractivity contribution in [3.05, 3.63) is 40.3 Å². The first-order valence-corrected chi connectivity index (χ1v) is 16.1. The summed E-state index contributed by atoms with van der Waals surface area (Å²) in [4.78, 5) is 26.6. The van der Waals surface area contributed by atoms with Gasteiger partial charge in [-0.1, -0.05) is 25.5 Å². The van der Waals surface area contributed by atoms with Crippen LogP contribution in [-0.4, -0.2) is 47.4 Å². The average Bonchev–Trinajstić information content (AvgIpc) is 3.54. The van der Waals surface area contributed by atoms with Gasteiger partial charge in [-0.25, -0.2) is 8.42 Å². The number of carbonyl (C=O) groups excluding carboxylic acids is 1. The number of ketones is 1. The molecule has 4 fully saturated rings. The second-order valence-corrected chi connectivity index (χ2v) is 15.2. The minimum Gasteiger partial charge on any atom is -0.393 e. The molecule has 0 spiro atoms. The molecule has 0 radical (unpaired) electrons. The van der Waals surface area contributed by atoms with Crippen LogP contribution in [0, 0.1) is 34.5 Å². The summed E-state index contributed by atoms with van der Waals surface area (Å²) in [5.74, 6) is 1.61. The van der Waals surface area contributed by atoms with Crippen LogP contribution in [-0.2, 0) is 21.4 Å². The molecule has 0 amide bonds. The summed E-state index contributed by atoms with van der Waals surface area (Å²) in [6.45, 7) is 5.65. The predicted molar refractivity (Wildman–Crippen MR) is 145 cm³/mol. The van der Waals surface area contributed by atoms with Crippen LogP contribution in [0.4, 0.5) is 0 Å². The molecule has 5 aliphatic rings. The molecule has 38 heavy (non-hydrogen) atoms. The number of aliphatic hydroxyl groups excluding tert-OH is 1. The Morgan fingerprint density at radius 2 is 1.82 bits per heavy atom. The predicted octanol–water partition coefficient (Wildman–Crippen LogP) is 4.14. The van der Waals surface area contributed by atoms with E-state index < -0.39 is 10.0 Å². The molecule has 7 atom stereocenters. The van der Waals surface area contributed by atoms with E-state index in [0.29, 0.717) is 30.8 Å².